The van der Waals surface area contributed by atoms with E-state index in [1.54, 1.807) is 5.57 Å². The smallest absolute Gasteiger partial charge is 0.306 e. The maximum Gasteiger partial charge on any atom is 0.306 e. The predicted molar refractivity (Wildman–Crippen MR) is 234 cm³/mol. The fraction of sp³-hybridized carbons (Fsp3) is 0.909. The second-order valence-corrected chi connectivity index (χ2v) is 18.3. The van der Waals surface area contributed by atoms with Gasteiger partial charge in [-0.1, -0.05) is 66.0 Å². The van der Waals surface area contributed by atoms with Gasteiger partial charge in [-0.2, -0.15) is 0 Å². The van der Waals surface area contributed by atoms with Gasteiger partial charge < -0.3 is 26.4 Å². The number of allylic oxidation sites excluding steroid dienone is 1. The Bertz CT molecular complexity index is 1130. The van der Waals surface area contributed by atoms with E-state index in [1.165, 1.54) is 51.4 Å². The van der Waals surface area contributed by atoms with Gasteiger partial charge in [0.15, 0.2) is 0 Å². The summed E-state index contributed by atoms with van der Waals surface area (Å²) in [6.45, 7) is 19.6. The Hall–Kier alpha value is -0.570. The Morgan fingerprint density at radius 2 is 1.57 bits per heavy atom. The molecule has 54 heavy (non-hydrogen) atoms. The number of carbonyl (C=O) groups excluding carboxylic acids is 2. The van der Waals surface area contributed by atoms with E-state index < -0.39 is 0 Å². The lowest BCUT2D eigenvalue weighted by molar-refractivity contribution is -0.151. The summed E-state index contributed by atoms with van der Waals surface area (Å²) in [6.07, 6.45) is 21.6. The predicted octanol–water partition coefficient (Wildman–Crippen LogP) is 9.91. The number of halogens is 3. The third kappa shape index (κ3) is 13.2. The zero-order chi connectivity index (χ0) is 37.0. The van der Waals surface area contributed by atoms with E-state index in [1.807, 2.05) is 4.90 Å². The van der Waals surface area contributed by atoms with Crippen LogP contribution in [0.15, 0.2) is 11.6 Å². The highest BCUT2D eigenvalue weighted by molar-refractivity contribution is 5.86. The largest absolute Gasteiger partial charge is 0.462 e. The highest BCUT2D eigenvalue weighted by Crippen LogP contribution is 2.67. The van der Waals surface area contributed by atoms with Crippen LogP contribution in [0.3, 0.4) is 0 Å². The average Bonchev–Trinajstić information content (AvgIpc) is 3.46. The van der Waals surface area contributed by atoms with Crippen molar-refractivity contribution in [2.75, 3.05) is 39.3 Å². The molecule has 0 aromatic carbocycles. The zero-order valence-corrected chi connectivity index (χ0v) is 37.7. The van der Waals surface area contributed by atoms with Gasteiger partial charge in [-0.15, -0.1) is 37.2 Å². The van der Waals surface area contributed by atoms with Crippen LogP contribution in [0.2, 0.25) is 0 Å². The van der Waals surface area contributed by atoms with Crippen LogP contribution in [0.5, 0.6) is 0 Å². The number of unbranched alkanes of at least 4 members (excludes halogenated alkanes) is 1. The molecule has 0 spiro atoms. The molecule has 9 atom stereocenters. The van der Waals surface area contributed by atoms with Gasteiger partial charge in [-0.05, 0) is 162 Å². The van der Waals surface area contributed by atoms with Crippen LogP contribution < -0.4 is 16.8 Å². The first-order chi connectivity index (χ1) is 24.5. The molecule has 2 unspecified atom stereocenters. The van der Waals surface area contributed by atoms with E-state index >= 15 is 0 Å². The number of carbonyl (C=O) groups is 2. The molecule has 0 heterocycles. The van der Waals surface area contributed by atoms with Crippen LogP contribution in [-0.2, 0) is 14.3 Å². The van der Waals surface area contributed by atoms with Gasteiger partial charge >= 0.3 is 5.97 Å². The molecule has 4 aliphatic carbocycles. The number of rotatable bonds is 22. The first kappa shape index (κ1) is 51.4. The molecule has 0 bridgehead atoms. The van der Waals surface area contributed by atoms with Crippen molar-refractivity contribution >= 4 is 49.1 Å². The number of nitrogens with one attached hydrogen (secondary N) is 1. The summed E-state index contributed by atoms with van der Waals surface area (Å²) in [7, 11) is 0. The maximum atomic E-state index is 13.1. The third-order valence-corrected chi connectivity index (χ3v) is 14.9. The molecule has 0 saturated heterocycles. The van der Waals surface area contributed by atoms with Gasteiger partial charge in [0.2, 0.25) is 5.91 Å². The molecule has 3 fully saturated rings. The normalized spacial score (nSPS) is 29.6. The minimum atomic E-state index is -0.138. The SMILES string of the molecule is CCC(CCC(C)[C@H]1CC[C@H]2[C@@H]3CC=C4C[C@@H](OC(=O)CCCC(=O)N(CCCN)CCCCNCCCN)CC[C@]4(C)[C@H]3CC[C@]12C)C(C)C.Cl.Cl.Cl. The molecule has 1 amide bonds. The molecule has 10 heteroatoms. The zero-order valence-electron chi connectivity index (χ0n) is 35.2. The van der Waals surface area contributed by atoms with Crippen LogP contribution in [0.4, 0.5) is 0 Å². The fourth-order valence-corrected chi connectivity index (χ4v) is 11.7. The molecule has 318 valence electrons. The summed E-state index contributed by atoms with van der Waals surface area (Å²) in [6, 6.07) is 0. The number of hydrogen-bond acceptors (Lipinski definition) is 6. The van der Waals surface area contributed by atoms with Gasteiger partial charge in [-0.3, -0.25) is 9.59 Å². The molecule has 4 aliphatic rings. The number of nitrogens with zero attached hydrogens (tertiary/aromatic N) is 1. The number of esters is 1. The summed E-state index contributed by atoms with van der Waals surface area (Å²) in [5.41, 5.74) is 13.6. The Kier molecular flexibility index (Phi) is 23.9. The number of hydrogen-bond donors (Lipinski definition) is 3. The molecular formula is C44H83Cl3N4O3. The highest BCUT2D eigenvalue weighted by atomic mass is 35.5. The van der Waals surface area contributed by atoms with E-state index in [0.717, 1.165) is 106 Å². The fourth-order valence-electron chi connectivity index (χ4n) is 11.7. The quantitative estimate of drug-likeness (QED) is 0.0570. The van der Waals surface area contributed by atoms with Gasteiger partial charge in [0, 0.05) is 32.4 Å². The Morgan fingerprint density at radius 3 is 2.26 bits per heavy atom. The summed E-state index contributed by atoms with van der Waals surface area (Å²) < 4.78 is 6.10. The van der Waals surface area contributed by atoms with Crippen molar-refractivity contribution in [3.05, 3.63) is 11.6 Å². The lowest BCUT2D eigenvalue weighted by Crippen LogP contribution is -2.51. The van der Waals surface area contributed by atoms with E-state index in [2.05, 4.69) is 52.9 Å². The van der Waals surface area contributed by atoms with Crippen molar-refractivity contribution in [1.82, 2.24) is 10.2 Å². The van der Waals surface area contributed by atoms with Gasteiger partial charge in [0.1, 0.15) is 6.10 Å². The van der Waals surface area contributed by atoms with E-state index in [-0.39, 0.29) is 60.6 Å². The first-order valence-electron chi connectivity index (χ1n) is 21.8. The highest BCUT2D eigenvalue weighted by Gasteiger charge is 2.59. The molecule has 7 nitrogen and oxygen atoms in total. The second-order valence-electron chi connectivity index (χ2n) is 18.3. The van der Waals surface area contributed by atoms with Crippen molar-refractivity contribution in [2.45, 2.75) is 163 Å². The van der Waals surface area contributed by atoms with E-state index in [9.17, 15) is 9.59 Å². The van der Waals surface area contributed by atoms with Crippen molar-refractivity contribution in [3.63, 3.8) is 0 Å². The topological polar surface area (TPSA) is 111 Å². The number of ether oxygens (including phenoxy) is 1. The first-order valence-corrected chi connectivity index (χ1v) is 21.8. The maximum absolute atomic E-state index is 13.1. The van der Waals surface area contributed by atoms with Crippen molar-refractivity contribution in [2.24, 2.45) is 63.7 Å². The van der Waals surface area contributed by atoms with Crippen LogP contribution >= 0.6 is 37.2 Å². The molecule has 0 aliphatic heterocycles. The molecule has 0 aromatic heterocycles. The number of nitrogens with two attached hydrogens (primary N) is 2. The van der Waals surface area contributed by atoms with Crippen LogP contribution in [-0.4, -0.2) is 62.1 Å². The molecule has 5 N–H and O–H groups in total. The number of fused-ring (bicyclic) bond motifs is 5. The minimum Gasteiger partial charge on any atom is -0.462 e. The van der Waals surface area contributed by atoms with E-state index in [0.29, 0.717) is 44.3 Å². The summed E-state index contributed by atoms with van der Waals surface area (Å²) in [4.78, 5) is 28.0. The van der Waals surface area contributed by atoms with Gasteiger partial charge in [0.05, 0.1) is 0 Å². The van der Waals surface area contributed by atoms with Crippen molar-refractivity contribution in [3.8, 4) is 0 Å². The molecule has 4 rings (SSSR count). The third-order valence-electron chi connectivity index (χ3n) is 14.9. The summed E-state index contributed by atoms with van der Waals surface area (Å²) in [5.74, 6) is 5.81. The number of amides is 1. The Morgan fingerprint density at radius 1 is 0.870 bits per heavy atom. The monoisotopic (exact) mass is 821 g/mol. The summed E-state index contributed by atoms with van der Waals surface area (Å²) in [5, 5.41) is 3.41. The average molecular weight is 823 g/mol. The van der Waals surface area contributed by atoms with Crippen LogP contribution in [0, 0.1) is 52.3 Å². The van der Waals surface area contributed by atoms with E-state index in [4.69, 9.17) is 16.2 Å². The van der Waals surface area contributed by atoms with Crippen LogP contribution in [0.25, 0.3) is 0 Å². The summed E-state index contributed by atoms with van der Waals surface area (Å²) >= 11 is 0. The standard InChI is InChI=1S/C44H80N4O3.3ClH/c1-7-34(32(2)3)16-15-33(4)38-19-20-39-37-18-17-35-31-36(21-23-43(35,5)40(37)22-24-44(38,39)6)51-42(50)14-10-13-41(49)48(30-12-26-46)29-9-8-27-47-28-11-25-45;;;/h17,32-34,36-40,47H,7-16,18-31,45-46H2,1-6H3;3*1H/t33?,34?,36-,37-,38+,39-,40-,43-,44+;;;/m0.../s1. The van der Waals surface area contributed by atoms with Crippen molar-refractivity contribution < 1.29 is 14.3 Å². The second kappa shape index (κ2) is 25.0. The Balaban J connectivity index is 0.00000486. The van der Waals surface area contributed by atoms with Gasteiger partial charge in [-0.25, -0.2) is 0 Å². The lowest BCUT2D eigenvalue weighted by Gasteiger charge is -2.58. The Labute approximate surface area is 350 Å². The molecule has 0 radical (unpaired) electrons. The van der Waals surface area contributed by atoms with Crippen LogP contribution in [0.1, 0.15) is 157 Å². The van der Waals surface area contributed by atoms with Gasteiger partial charge in [0.25, 0.3) is 0 Å². The molecule has 3 saturated carbocycles. The van der Waals surface area contributed by atoms with Crippen molar-refractivity contribution in [1.29, 1.82) is 0 Å². The lowest BCUT2D eigenvalue weighted by atomic mass is 9.47. The molecule has 0 aromatic rings. The molecular weight excluding hydrogens is 739 g/mol. The minimum absolute atomic E-state index is 0.